The summed E-state index contributed by atoms with van der Waals surface area (Å²) in [6.45, 7) is 2.48. The van der Waals surface area contributed by atoms with Gasteiger partial charge in [-0.15, -0.1) is 0 Å². The quantitative estimate of drug-likeness (QED) is 0.360. The molecule has 6 nitrogen and oxygen atoms in total. The molecule has 1 aromatic heterocycles. The number of benzene rings is 1. The summed E-state index contributed by atoms with van der Waals surface area (Å²) in [5.41, 5.74) is 0.700. The van der Waals surface area contributed by atoms with E-state index < -0.39 is 15.9 Å². The lowest BCUT2D eigenvalue weighted by atomic mass is 10.3. The van der Waals surface area contributed by atoms with Crippen LogP contribution in [0.15, 0.2) is 47.1 Å². The Morgan fingerprint density at radius 2 is 1.92 bits per heavy atom. The van der Waals surface area contributed by atoms with Gasteiger partial charge in [-0.25, -0.2) is 0 Å². The number of halogens is 3. The van der Waals surface area contributed by atoms with Crippen molar-refractivity contribution in [1.82, 2.24) is 10.6 Å². The number of rotatable bonds is 6. The summed E-state index contributed by atoms with van der Waals surface area (Å²) in [4.78, 5) is 12.1. The maximum absolute atomic E-state index is 12.1. The third kappa shape index (κ3) is 6.25. The molecule has 2 aromatic rings. The summed E-state index contributed by atoms with van der Waals surface area (Å²) >= 11 is 23.0. The molecule has 1 atom stereocenters. The van der Waals surface area contributed by atoms with Crippen LogP contribution in [0.1, 0.15) is 17.5 Å². The molecule has 3 N–H and O–H groups in total. The molecule has 0 aliphatic heterocycles. The average Bonchev–Trinajstić information content (AvgIpc) is 3.10. The van der Waals surface area contributed by atoms with E-state index in [1.807, 2.05) is 6.92 Å². The van der Waals surface area contributed by atoms with Crippen LogP contribution < -0.4 is 20.7 Å². The van der Waals surface area contributed by atoms with Crippen LogP contribution in [-0.4, -0.2) is 27.6 Å². The largest absolute Gasteiger partial charge is 0.494 e. The van der Waals surface area contributed by atoms with E-state index >= 15 is 0 Å². The molecule has 10 heteroatoms. The third-order valence-corrected chi connectivity index (χ3v) is 3.92. The summed E-state index contributed by atoms with van der Waals surface area (Å²) in [5, 5.41) is 8.37. The zero-order chi connectivity index (χ0) is 19.2. The van der Waals surface area contributed by atoms with E-state index in [1.54, 1.807) is 30.3 Å². The zero-order valence-corrected chi connectivity index (χ0v) is 16.7. The van der Waals surface area contributed by atoms with E-state index in [2.05, 4.69) is 16.0 Å². The SMILES string of the molecule is CCOc1ccc(NC(=S)N[C@H](NC(=O)c2ccco2)C(Cl)(Cl)Cl)cc1. The molecule has 1 amide bonds. The number of anilines is 1. The van der Waals surface area contributed by atoms with Gasteiger partial charge in [0.15, 0.2) is 10.9 Å². The Hall–Kier alpha value is -1.67. The maximum Gasteiger partial charge on any atom is 0.288 e. The Bertz CT molecular complexity index is 733. The topological polar surface area (TPSA) is 75.5 Å². The molecule has 0 spiro atoms. The molecule has 1 heterocycles. The number of thiocarbonyl (C=S) groups is 1. The van der Waals surface area contributed by atoms with Crippen LogP contribution in [0.4, 0.5) is 5.69 Å². The molecule has 140 valence electrons. The molecule has 1 aromatic carbocycles. The molecule has 0 fully saturated rings. The van der Waals surface area contributed by atoms with Crippen LogP contribution in [0.2, 0.25) is 0 Å². The Labute approximate surface area is 171 Å². The molecule has 0 aliphatic carbocycles. The number of carbonyl (C=O) groups is 1. The predicted molar refractivity (Wildman–Crippen MR) is 107 cm³/mol. The fraction of sp³-hybridized carbons (Fsp3) is 0.250. The van der Waals surface area contributed by atoms with Gasteiger partial charge in [0, 0.05) is 5.69 Å². The van der Waals surface area contributed by atoms with Gasteiger partial charge in [-0.1, -0.05) is 34.8 Å². The number of nitrogens with one attached hydrogen (secondary N) is 3. The van der Waals surface area contributed by atoms with Crippen LogP contribution in [-0.2, 0) is 0 Å². The van der Waals surface area contributed by atoms with Gasteiger partial charge in [-0.2, -0.15) is 0 Å². The van der Waals surface area contributed by atoms with Crippen molar-refractivity contribution in [3.63, 3.8) is 0 Å². The van der Waals surface area contributed by atoms with Crippen LogP contribution >= 0.6 is 47.0 Å². The second-order valence-electron chi connectivity index (χ2n) is 4.98. The molecule has 0 radical (unpaired) electrons. The normalized spacial score (nSPS) is 12.2. The highest BCUT2D eigenvalue weighted by molar-refractivity contribution is 7.80. The number of hydrogen-bond donors (Lipinski definition) is 3. The van der Waals surface area contributed by atoms with Crippen LogP contribution in [0, 0.1) is 0 Å². The highest BCUT2D eigenvalue weighted by Crippen LogP contribution is 2.29. The molecular formula is C16H16Cl3N3O3S. The summed E-state index contributed by atoms with van der Waals surface area (Å²) in [5.74, 6) is 0.265. The summed E-state index contributed by atoms with van der Waals surface area (Å²) < 4.78 is 8.53. The van der Waals surface area contributed by atoms with Crippen LogP contribution in [0.5, 0.6) is 5.75 Å². The second-order valence-corrected chi connectivity index (χ2v) is 7.76. The van der Waals surface area contributed by atoms with Gasteiger partial charge in [-0.05, 0) is 55.5 Å². The minimum absolute atomic E-state index is 0.0800. The Balaban J connectivity index is 1.98. The first-order valence-electron chi connectivity index (χ1n) is 7.51. The van der Waals surface area contributed by atoms with Crippen molar-refractivity contribution >= 4 is 63.7 Å². The number of ether oxygens (including phenoxy) is 1. The van der Waals surface area contributed by atoms with E-state index in [9.17, 15) is 4.79 Å². The van der Waals surface area contributed by atoms with Gasteiger partial charge in [0.25, 0.3) is 5.91 Å². The molecule has 0 saturated carbocycles. The standard InChI is InChI=1S/C16H16Cl3N3O3S/c1-2-24-11-7-5-10(6-8-11)20-15(26)22-14(16(17,18)19)21-13(23)12-4-3-9-25-12/h3-9,14H,2H2,1H3,(H,21,23)(H2,20,22,26)/t14-/m0/s1. The molecule has 2 rings (SSSR count). The fourth-order valence-corrected chi connectivity index (χ4v) is 2.47. The molecule has 0 bridgehead atoms. The van der Waals surface area contributed by atoms with Crippen molar-refractivity contribution in [2.45, 2.75) is 16.9 Å². The second kappa shape index (κ2) is 9.32. The lowest BCUT2D eigenvalue weighted by Crippen LogP contribution is -2.56. The summed E-state index contributed by atoms with van der Waals surface area (Å²) in [6.07, 6.45) is 0.276. The minimum Gasteiger partial charge on any atom is -0.494 e. The number of amides is 1. The van der Waals surface area contributed by atoms with Crippen molar-refractivity contribution in [1.29, 1.82) is 0 Å². The van der Waals surface area contributed by atoms with Crippen molar-refractivity contribution in [3.8, 4) is 5.75 Å². The first-order chi connectivity index (χ1) is 12.3. The van der Waals surface area contributed by atoms with Crippen molar-refractivity contribution in [2.75, 3.05) is 11.9 Å². The van der Waals surface area contributed by atoms with Gasteiger partial charge in [-0.3, -0.25) is 4.79 Å². The van der Waals surface area contributed by atoms with Crippen molar-refractivity contribution in [3.05, 3.63) is 48.4 Å². The molecular weight excluding hydrogens is 421 g/mol. The first kappa shape index (κ1) is 20.6. The van der Waals surface area contributed by atoms with E-state index in [0.717, 1.165) is 5.75 Å². The number of furan rings is 1. The molecule has 26 heavy (non-hydrogen) atoms. The van der Waals surface area contributed by atoms with Gasteiger partial charge < -0.3 is 25.1 Å². The predicted octanol–water partition coefficient (Wildman–Crippen LogP) is 4.09. The van der Waals surface area contributed by atoms with Gasteiger partial charge in [0.2, 0.25) is 3.79 Å². The summed E-state index contributed by atoms with van der Waals surface area (Å²) in [7, 11) is 0. The van der Waals surface area contributed by atoms with Crippen LogP contribution in [0.3, 0.4) is 0 Å². The summed E-state index contributed by atoms with van der Waals surface area (Å²) in [6, 6.07) is 10.2. The number of hydrogen-bond acceptors (Lipinski definition) is 4. The average molecular weight is 437 g/mol. The van der Waals surface area contributed by atoms with Gasteiger partial charge in [0.1, 0.15) is 11.9 Å². The van der Waals surface area contributed by atoms with Gasteiger partial charge in [0.05, 0.1) is 12.9 Å². The zero-order valence-electron chi connectivity index (χ0n) is 13.6. The van der Waals surface area contributed by atoms with Crippen molar-refractivity contribution in [2.24, 2.45) is 0 Å². The fourth-order valence-electron chi connectivity index (χ4n) is 1.91. The monoisotopic (exact) mass is 435 g/mol. The highest BCUT2D eigenvalue weighted by atomic mass is 35.6. The van der Waals surface area contributed by atoms with E-state index in [0.29, 0.717) is 12.3 Å². The third-order valence-electron chi connectivity index (χ3n) is 3.05. The van der Waals surface area contributed by atoms with E-state index in [-0.39, 0.29) is 10.9 Å². The molecule has 0 saturated heterocycles. The maximum atomic E-state index is 12.1. The number of alkyl halides is 3. The molecule has 0 aliphatic rings. The Kier molecular flexibility index (Phi) is 7.40. The molecule has 0 unspecified atom stereocenters. The first-order valence-corrected chi connectivity index (χ1v) is 9.05. The van der Waals surface area contributed by atoms with E-state index in [1.165, 1.54) is 12.3 Å². The Morgan fingerprint density at radius 1 is 1.23 bits per heavy atom. The lowest BCUT2D eigenvalue weighted by Gasteiger charge is -2.27. The van der Waals surface area contributed by atoms with Crippen LogP contribution in [0.25, 0.3) is 0 Å². The van der Waals surface area contributed by atoms with Crippen molar-refractivity contribution < 1.29 is 13.9 Å². The minimum atomic E-state index is -1.85. The smallest absolute Gasteiger partial charge is 0.288 e. The van der Waals surface area contributed by atoms with E-state index in [4.69, 9.17) is 56.2 Å². The highest BCUT2D eigenvalue weighted by Gasteiger charge is 2.35. The van der Waals surface area contributed by atoms with Gasteiger partial charge >= 0.3 is 0 Å². The lowest BCUT2D eigenvalue weighted by molar-refractivity contribution is 0.0906. The number of carbonyl (C=O) groups excluding carboxylic acids is 1. The Morgan fingerprint density at radius 3 is 2.46 bits per heavy atom.